The molecular weight excluding hydrogens is 635 g/mol. The van der Waals surface area contributed by atoms with E-state index in [-0.39, 0.29) is 5.75 Å². The van der Waals surface area contributed by atoms with Gasteiger partial charge in [0.2, 0.25) is 0 Å². The second-order valence-electron chi connectivity index (χ2n) is 12.7. The standard InChI is InChI=1S/C44H45N3O4/c1-3-4-5-6-7-14-29-50-44(49)31(2)51-38-27-28-39(40(48)30-38)43-46-41(36-23-19-34(20-24-36)32-15-10-8-11-16-32)45-42(47-43)37-25-21-35(22-26-37)33-17-12-9-13-18-33/h8-13,15-28,30-31,44,48-49H,3-7,14,29H2,1-2H3. The molecule has 0 radical (unpaired) electrons. The number of unbranched alkanes of at least 4 members (excludes halogenated alkanes) is 5. The lowest BCUT2D eigenvalue weighted by atomic mass is 10.0. The van der Waals surface area contributed by atoms with Crippen LogP contribution in [0.4, 0.5) is 0 Å². The Labute approximate surface area is 300 Å². The third-order valence-electron chi connectivity index (χ3n) is 8.86. The third-order valence-corrected chi connectivity index (χ3v) is 8.86. The fourth-order valence-electron chi connectivity index (χ4n) is 5.91. The first-order chi connectivity index (χ1) is 25.0. The molecule has 0 saturated heterocycles. The highest BCUT2D eigenvalue weighted by atomic mass is 16.6. The summed E-state index contributed by atoms with van der Waals surface area (Å²) in [5, 5.41) is 21.8. The first-order valence-electron chi connectivity index (χ1n) is 17.9. The van der Waals surface area contributed by atoms with E-state index in [0.29, 0.717) is 35.4 Å². The summed E-state index contributed by atoms with van der Waals surface area (Å²) < 4.78 is 11.6. The van der Waals surface area contributed by atoms with Crippen LogP contribution in [-0.4, -0.2) is 44.2 Å². The van der Waals surface area contributed by atoms with Gasteiger partial charge in [-0.2, -0.15) is 0 Å². The number of rotatable bonds is 16. The van der Waals surface area contributed by atoms with Crippen molar-refractivity contribution in [2.45, 2.75) is 64.8 Å². The quantitative estimate of drug-likeness (QED) is 0.0776. The van der Waals surface area contributed by atoms with Crippen LogP contribution < -0.4 is 4.74 Å². The molecule has 0 aliphatic carbocycles. The van der Waals surface area contributed by atoms with Crippen molar-refractivity contribution in [1.82, 2.24) is 15.0 Å². The molecule has 0 fully saturated rings. The SMILES string of the molecule is CCCCCCCCOC(O)C(C)Oc1ccc(-c2nc(-c3ccc(-c4ccccc4)cc3)nc(-c3ccc(-c4ccccc4)cc3)n2)c(O)c1. The van der Waals surface area contributed by atoms with E-state index in [9.17, 15) is 10.2 Å². The third kappa shape index (κ3) is 9.45. The molecule has 0 aliphatic rings. The Kier molecular flexibility index (Phi) is 12.2. The van der Waals surface area contributed by atoms with Gasteiger partial charge in [0.1, 0.15) is 17.6 Å². The fourth-order valence-corrected chi connectivity index (χ4v) is 5.91. The number of aliphatic hydroxyl groups excluding tert-OH is 1. The molecule has 6 aromatic rings. The zero-order valence-electron chi connectivity index (χ0n) is 29.3. The summed E-state index contributed by atoms with van der Waals surface area (Å²) in [6, 6.07) is 41.6. The molecule has 5 aromatic carbocycles. The minimum absolute atomic E-state index is 0.0517. The van der Waals surface area contributed by atoms with Crippen LogP contribution in [0.5, 0.6) is 11.5 Å². The van der Waals surface area contributed by atoms with E-state index >= 15 is 0 Å². The van der Waals surface area contributed by atoms with Gasteiger partial charge in [-0.15, -0.1) is 0 Å². The molecule has 51 heavy (non-hydrogen) atoms. The number of phenols is 1. The van der Waals surface area contributed by atoms with Crippen LogP contribution >= 0.6 is 0 Å². The summed E-state index contributed by atoms with van der Waals surface area (Å²) in [7, 11) is 0. The van der Waals surface area contributed by atoms with Crippen LogP contribution in [0.25, 0.3) is 56.4 Å². The highest BCUT2D eigenvalue weighted by Crippen LogP contribution is 2.34. The Morgan fingerprint density at radius 3 is 1.55 bits per heavy atom. The molecule has 2 unspecified atom stereocenters. The molecule has 0 spiro atoms. The summed E-state index contributed by atoms with van der Waals surface area (Å²) in [5.41, 5.74) is 6.50. The van der Waals surface area contributed by atoms with E-state index in [1.165, 1.54) is 31.7 Å². The van der Waals surface area contributed by atoms with E-state index in [4.69, 9.17) is 24.4 Å². The monoisotopic (exact) mass is 679 g/mol. The molecule has 7 nitrogen and oxygen atoms in total. The van der Waals surface area contributed by atoms with E-state index in [1.54, 1.807) is 19.1 Å². The predicted octanol–water partition coefficient (Wildman–Crippen LogP) is 10.4. The first-order valence-corrected chi connectivity index (χ1v) is 17.9. The van der Waals surface area contributed by atoms with Gasteiger partial charge in [0, 0.05) is 23.8 Å². The number of benzene rings is 5. The van der Waals surface area contributed by atoms with Crippen molar-refractivity contribution in [2.24, 2.45) is 0 Å². The van der Waals surface area contributed by atoms with E-state index < -0.39 is 12.4 Å². The number of hydrogen-bond acceptors (Lipinski definition) is 7. The van der Waals surface area contributed by atoms with Gasteiger partial charge in [-0.05, 0) is 47.7 Å². The van der Waals surface area contributed by atoms with Crippen molar-refractivity contribution < 1.29 is 19.7 Å². The maximum atomic E-state index is 11.2. The molecule has 260 valence electrons. The topological polar surface area (TPSA) is 97.6 Å². The Bertz CT molecular complexity index is 1870. The zero-order chi connectivity index (χ0) is 35.4. The summed E-state index contributed by atoms with van der Waals surface area (Å²) in [5.74, 6) is 1.65. The molecule has 7 heteroatoms. The lowest BCUT2D eigenvalue weighted by molar-refractivity contribution is -0.149. The number of aromatic hydroxyl groups is 1. The van der Waals surface area contributed by atoms with Gasteiger partial charge in [0.15, 0.2) is 23.8 Å². The number of nitrogens with zero attached hydrogens (tertiary/aromatic N) is 3. The molecule has 0 bridgehead atoms. The molecule has 0 saturated carbocycles. The highest BCUT2D eigenvalue weighted by Gasteiger charge is 2.19. The van der Waals surface area contributed by atoms with Crippen molar-refractivity contribution >= 4 is 0 Å². The van der Waals surface area contributed by atoms with Crippen LogP contribution in [0.3, 0.4) is 0 Å². The van der Waals surface area contributed by atoms with Crippen LogP contribution in [0.15, 0.2) is 127 Å². The van der Waals surface area contributed by atoms with Crippen LogP contribution in [0, 0.1) is 0 Å². The van der Waals surface area contributed by atoms with Crippen LogP contribution in [-0.2, 0) is 4.74 Å². The molecule has 2 atom stereocenters. The number of ether oxygens (including phenoxy) is 2. The normalized spacial score (nSPS) is 12.4. The minimum atomic E-state index is -1.09. The van der Waals surface area contributed by atoms with Gasteiger partial charge >= 0.3 is 0 Å². The molecule has 0 amide bonds. The summed E-state index contributed by atoms with van der Waals surface area (Å²) in [4.78, 5) is 14.5. The van der Waals surface area contributed by atoms with Gasteiger partial charge in [-0.3, -0.25) is 0 Å². The molecule has 1 aromatic heterocycles. The number of hydrogen-bond donors (Lipinski definition) is 2. The lowest BCUT2D eigenvalue weighted by Crippen LogP contribution is -2.31. The summed E-state index contributed by atoms with van der Waals surface area (Å²) in [6.07, 6.45) is 5.13. The molecule has 6 rings (SSSR count). The van der Waals surface area contributed by atoms with Crippen LogP contribution in [0.1, 0.15) is 52.4 Å². The van der Waals surface area contributed by atoms with Crippen molar-refractivity contribution in [2.75, 3.05) is 6.61 Å². The Hall–Kier alpha value is -5.37. The van der Waals surface area contributed by atoms with Crippen LogP contribution in [0.2, 0.25) is 0 Å². The molecule has 0 aliphatic heterocycles. The number of phenolic OH excluding ortho intramolecular Hbond substituents is 1. The van der Waals surface area contributed by atoms with Gasteiger partial charge in [-0.25, -0.2) is 15.0 Å². The highest BCUT2D eigenvalue weighted by molar-refractivity contribution is 5.73. The minimum Gasteiger partial charge on any atom is -0.507 e. The van der Waals surface area contributed by atoms with Crippen molar-refractivity contribution in [3.63, 3.8) is 0 Å². The average molecular weight is 680 g/mol. The average Bonchev–Trinajstić information content (AvgIpc) is 3.18. The number of aromatic nitrogens is 3. The lowest BCUT2D eigenvalue weighted by Gasteiger charge is -2.21. The van der Waals surface area contributed by atoms with Gasteiger partial charge < -0.3 is 19.7 Å². The second-order valence-corrected chi connectivity index (χ2v) is 12.7. The number of aliphatic hydroxyl groups is 1. The molecular formula is C44H45N3O4. The van der Waals surface area contributed by atoms with Gasteiger partial charge in [0.05, 0.1) is 5.56 Å². The summed E-state index contributed by atoms with van der Waals surface area (Å²) in [6.45, 7) is 4.42. The largest absolute Gasteiger partial charge is 0.507 e. The van der Waals surface area contributed by atoms with Crippen molar-refractivity contribution in [3.05, 3.63) is 127 Å². The smallest absolute Gasteiger partial charge is 0.191 e. The van der Waals surface area contributed by atoms with Crippen molar-refractivity contribution in [3.8, 4) is 67.9 Å². The maximum absolute atomic E-state index is 11.2. The van der Waals surface area contributed by atoms with E-state index in [0.717, 1.165) is 46.2 Å². The second kappa shape index (κ2) is 17.5. The van der Waals surface area contributed by atoms with Crippen molar-refractivity contribution in [1.29, 1.82) is 0 Å². The van der Waals surface area contributed by atoms with Gasteiger partial charge in [-0.1, -0.05) is 148 Å². The molecule has 2 N–H and O–H groups in total. The maximum Gasteiger partial charge on any atom is 0.191 e. The molecule has 1 heterocycles. The predicted molar refractivity (Wildman–Crippen MR) is 204 cm³/mol. The Balaban J connectivity index is 1.24. The van der Waals surface area contributed by atoms with E-state index in [2.05, 4.69) is 55.5 Å². The Morgan fingerprint density at radius 2 is 1.02 bits per heavy atom. The Morgan fingerprint density at radius 1 is 0.549 bits per heavy atom. The van der Waals surface area contributed by atoms with Gasteiger partial charge in [0.25, 0.3) is 0 Å². The summed E-state index contributed by atoms with van der Waals surface area (Å²) >= 11 is 0. The fraction of sp³-hybridized carbons (Fsp3) is 0.250. The van der Waals surface area contributed by atoms with E-state index in [1.807, 2.05) is 60.7 Å². The first kappa shape index (κ1) is 35.5. The zero-order valence-corrected chi connectivity index (χ0v) is 29.3.